The maximum Gasteiger partial charge on any atom is 0.325 e. The quantitative estimate of drug-likeness (QED) is 0.0316. The third-order valence-electron chi connectivity index (χ3n) is 13.6. The Balaban J connectivity index is 0.000000176. The molecule has 6 aromatic heterocycles. The summed E-state index contributed by atoms with van der Waals surface area (Å²) in [6.07, 6.45) is 17.9. The van der Waals surface area contributed by atoms with E-state index < -0.39 is 0 Å². The predicted octanol–water partition coefficient (Wildman–Crippen LogP) is 19.0. The Labute approximate surface area is 633 Å². The van der Waals surface area contributed by atoms with Gasteiger partial charge in [0.1, 0.15) is 22.7 Å². The van der Waals surface area contributed by atoms with Crippen molar-refractivity contribution in [1.29, 1.82) is 0 Å². The van der Waals surface area contributed by atoms with Gasteiger partial charge in [0.05, 0.1) is 62.1 Å². The molecule has 1 amide bonds. The van der Waals surface area contributed by atoms with Crippen LogP contribution in [-0.2, 0) is 82.6 Å². The Hall–Kier alpha value is -6.72. The van der Waals surface area contributed by atoms with E-state index in [0.717, 1.165) is 85.9 Å². The highest BCUT2D eigenvalue weighted by molar-refractivity contribution is 9.08. The molecule has 30 heteroatoms. The number of hydrogen-bond donors (Lipinski definition) is 3. The molecular weight excluding hydrogens is 1570 g/mol. The lowest BCUT2D eigenvalue weighted by atomic mass is 10.1. The number of nitrogen functional groups attached to an aromatic ring is 1. The van der Waals surface area contributed by atoms with Gasteiger partial charge in [0, 0.05) is 141 Å². The summed E-state index contributed by atoms with van der Waals surface area (Å²) in [6, 6.07) is 34.3. The minimum atomic E-state index is -0.277. The molecule has 0 aliphatic carbocycles. The predicted molar refractivity (Wildman–Crippen MR) is 401 cm³/mol. The summed E-state index contributed by atoms with van der Waals surface area (Å²) in [6.45, 7) is 3.19. The van der Waals surface area contributed by atoms with Gasteiger partial charge in [-0.1, -0.05) is 198 Å². The molecule has 0 atom stereocenters. The fourth-order valence-corrected chi connectivity index (χ4v) is 12.4. The van der Waals surface area contributed by atoms with E-state index in [1.807, 2.05) is 84.1 Å². The monoisotopic (exact) mass is 1620 g/mol. The molecule has 0 fully saturated rings. The van der Waals surface area contributed by atoms with Crippen LogP contribution in [-0.4, -0.2) is 79.1 Å². The van der Waals surface area contributed by atoms with Gasteiger partial charge in [0.25, 0.3) is 0 Å². The summed E-state index contributed by atoms with van der Waals surface area (Å²) in [5.41, 5.74) is 21.4. The smallest absolute Gasteiger partial charge is 0.325 e. The standard InChI is InChI=1S/C18H15Cl3N4O.C18H13Cl3N4.C14H14Cl2N2O2.C10H8Cl2N2.C7H5BrCl2.CH3NO/c19-13-3-1-11(16(20)7-13)5-14-8-25(10-23-14)9-15(26)6-12-2-4-17(21)24-18(12)22;19-13-3-1-11(16(20)7-13)5-14-8-25(10-22-14)9-15-6-12-2-4-17(21)24-18(12)23-15;1-2-20-14(19)8-18-7-12(17-9-18)5-10-3-4-11(15)6-13(10)16;11-8-2-1-7(10(12)4-8)3-9-5-13-6-14-9;8-4-5-1-2-6(9)3-7(5)10;2-1-3/h1-4,7-8,10H,5-6,9H2,(H2,22,24);1-4,7-8,10H,5-6,9H2;3-4,6-7,9H,2,5,8H2,1H3;1-2,4-6H,3H2,(H,13,14);1-3H,4H2;1H,(H2,2,3). The lowest BCUT2D eigenvalue weighted by Crippen LogP contribution is -2.13. The van der Waals surface area contributed by atoms with Crippen LogP contribution in [0.4, 0.5) is 11.6 Å². The van der Waals surface area contributed by atoms with Crippen LogP contribution < -0.4 is 11.5 Å². The average Bonchev–Trinajstić information content (AvgIpc) is 1.88. The first kappa shape index (κ1) is 78.6. The number of imidazole rings is 4. The van der Waals surface area contributed by atoms with Gasteiger partial charge in [-0.05, 0) is 108 Å². The molecule has 510 valence electrons. The number of aromatic nitrogens is 10. The number of ether oxygens (including phenoxy) is 1. The second-order valence-corrected chi connectivity index (χ2v) is 26.6. The fraction of sp³-hybridized carbons (Fsp3) is 0.176. The number of fused-ring (bicyclic) bond motifs is 1. The Bertz CT molecular complexity index is 4510. The lowest BCUT2D eigenvalue weighted by Gasteiger charge is -2.05. The highest BCUT2D eigenvalue weighted by Crippen LogP contribution is 2.30. The number of nitrogens with zero attached hydrogens (tertiary/aromatic N) is 10. The van der Waals surface area contributed by atoms with Crippen molar-refractivity contribution >= 4 is 191 Å². The number of H-pyrrole nitrogens is 1. The van der Waals surface area contributed by atoms with Gasteiger partial charge in [-0.3, -0.25) is 14.4 Å². The number of halogens is 13. The number of primary amides is 1. The van der Waals surface area contributed by atoms with E-state index in [1.165, 1.54) is 0 Å². The molecule has 11 aromatic rings. The van der Waals surface area contributed by atoms with E-state index in [0.29, 0.717) is 98.5 Å². The van der Waals surface area contributed by atoms with Crippen LogP contribution in [0, 0.1) is 0 Å². The number of rotatable bonds is 18. The van der Waals surface area contributed by atoms with Crippen LogP contribution in [0.25, 0.3) is 0 Å². The number of hydrogen-bond acceptors (Lipinski definition) is 12. The first-order valence-electron chi connectivity index (χ1n) is 29.2. The second-order valence-electron chi connectivity index (χ2n) is 21.0. The third-order valence-corrected chi connectivity index (χ3v) is 17.6. The molecule has 0 unspecified atom stereocenters. The summed E-state index contributed by atoms with van der Waals surface area (Å²) in [5.74, 6) is 0.709. The zero-order valence-electron chi connectivity index (χ0n) is 51.6. The molecule has 0 radical (unpaired) electrons. The van der Waals surface area contributed by atoms with Gasteiger partial charge in [-0.15, -0.1) is 0 Å². The minimum absolute atomic E-state index is 0.00528. The van der Waals surface area contributed by atoms with Crippen molar-refractivity contribution in [3.8, 4) is 0 Å². The van der Waals surface area contributed by atoms with Crippen molar-refractivity contribution in [2.24, 2.45) is 10.7 Å². The van der Waals surface area contributed by atoms with Crippen LogP contribution in [0.3, 0.4) is 0 Å². The van der Waals surface area contributed by atoms with Gasteiger partial charge in [0.15, 0.2) is 11.6 Å². The SMILES string of the molecule is CCOC(=O)Cn1cnc(Cc2ccc(Cl)cc2Cl)c1.Clc1ccc(CBr)c(Cl)c1.Clc1ccc(Cc2cn(CC3=Nc4nc(Cl)ccc4C3)cn2)c(Cl)c1.Clc1ccc(Cc2cnc[nH]2)c(Cl)c1.NC=O.Nc1nc(Cl)ccc1CC(=O)Cn1cnc(Cc2ccc(Cl)cc2Cl)c1. The average molecular weight is 1630 g/mol. The number of esters is 1. The van der Waals surface area contributed by atoms with Crippen molar-refractivity contribution in [2.45, 2.75) is 70.4 Å². The van der Waals surface area contributed by atoms with Crippen molar-refractivity contribution in [1.82, 2.24) is 48.6 Å². The molecule has 5 aromatic carbocycles. The number of Topliss-reactive ketones (excluding diaryl/α,β-unsaturated/α-hetero) is 1. The molecule has 0 spiro atoms. The van der Waals surface area contributed by atoms with Gasteiger partial charge in [0.2, 0.25) is 6.41 Å². The first-order valence-corrected chi connectivity index (χ1v) is 34.8. The van der Waals surface area contributed by atoms with Crippen molar-refractivity contribution in [3.05, 3.63) is 288 Å². The summed E-state index contributed by atoms with van der Waals surface area (Å²) >= 11 is 74.5. The lowest BCUT2D eigenvalue weighted by molar-refractivity contribution is -0.143. The largest absolute Gasteiger partial charge is 0.465 e. The molecule has 0 saturated carbocycles. The number of aromatic amines is 1. The number of carbonyl (C=O) groups is 3. The fourth-order valence-electron chi connectivity index (χ4n) is 9.07. The number of pyridine rings is 2. The van der Waals surface area contributed by atoms with Crippen LogP contribution in [0.1, 0.15) is 68.6 Å². The Morgan fingerprint density at radius 1 is 0.561 bits per heavy atom. The molecule has 5 N–H and O–H groups in total. The zero-order chi connectivity index (χ0) is 70.8. The van der Waals surface area contributed by atoms with E-state index in [-0.39, 0.29) is 43.5 Å². The van der Waals surface area contributed by atoms with E-state index >= 15 is 0 Å². The number of carbonyl (C=O) groups excluding carboxylic acids is 3. The normalized spacial score (nSPS) is 11.0. The van der Waals surface area contributed by atoms with E-state index in [4.69, 9.17) is 154 Å². The second kappa shape index (κ2) is 39.9. The van der Waals surface area contributed by atoms with Crippen molar-refractivity contribution in [3.63, 3.8) is 0 Å². The molecular formula is C68H58BrCl12N13O4. The summed E-state index contributed by atoms with van der Waals surface area (Å²) in [5, 5.41) is 7.95. The van der Waals surface area contributed by atoms with E-state index in [2.05, 4.69) is 61.5 Å². The minimum Gasteiger partial charge on any atom is -0.465 e. The van der Waals surface area contributed by atoms with Gasteiger partial charge >= 0.3 is 5.97 Å². The topological polar surface area (TPSA) is 233 Å². The summed E-state index contributed by atoms with van der Waals surface area (Å²) in [4.78, 5) is 65.0. The van der Waals surface area contributed by atoms with E-state index in [1.54, 1.807) is 102 Å². The van der Waals surface area contributed by atoms with Gasteiger partial charge in [-0.25, -0.2) is 34.9 Å². The maximum atomic E-state index is 12.3. The van der Waals surface area contributed by atoms with Crippen LogP contribution in [0.5, 0.6) is 0 Å². The molecule has 12 rings (SSSR count). The van der Waals surface area contributed by atoms with Crippen LogP contribution >= 0.6 is 155 Å². The van der Waals surface area contributed by atoms with Gasteiger partial charge in [-0.2, -0.15) is 0 Å². The highest BCUT2D eigenvalue weighted by Gasteiger charge is 2.18. The zero-order valence-corrected chi connectivity index (χ0v) is 62.3. The van der Waals surface area contributed by atoms with Crippen LogP contribution in [0.15, 0.2) is 170 Å². The number of aliphatic imine (C=N–C) groups is 1. The number of alkyl halides is 1. The first-order chi connectivity index (χ1) is 46.9. The number of benzene rings is 5. The summed E-state index contributed by atoms with van der Waals surface area (Å²) < 4.78 is 10.3. The summed E-state index contributed by atoms with van der Waals surface area (Å²) in [7, 11) is 0. The number of anilines is 1. The molecule has 1 aliphatic heterocycles. The van der Waals surface area contributed by atoms with Crippen LogP contribution in [0.2, 0.25) is 60.5 Å². The number of nitrogens with two attached hydrogens (primary N) is 2. The molecule has 0 bridgehead atoms. The molecule has 0 saturated heterocycles. The molecule has 1 aliphatic rings. The number of amides is 1. The number of ketones is 1. The Kier molecular flexibility index (Phi) is 32.0. The molecule has 17 nitrogen and oxygen atoms in total. The Morgan fingerprint density at radius 2 is 0.980 bits per heavy atom. The third kappa shape index (κ3) is 26.1. The van der Waals surface area contributed by atoms with Crippen molar-refractivity contribution in [2.75, 3.05) is 12.3 Å². The Morgan fingerprint density at radius 3 is 1.42 bits per heavy atom. The van der Waals surface area contributed by atoms with Crippen molar-refractivity contribution < 1.29 is 19.1 Å². The maximum absolute atomic E-state index is 12.3. The van der Waals surface area contributed by atoms with Gasteiger partial charge < -0.3 is 34.9 Å². The number of nitrogens with one attached hydrogen (secondary N) is 1. The molecule has 98 heavy (non-hydrogen) atoms. The molecule has 7 heterocycles. The highest BCUT2D eigenvalue weighted by atomic mass is 79.9. The van der Waals surface area contributed by atoms with E-state index in [9.17, 15) is 9.59 Å².